The van der Waals surface area contributed by atoms with Crippen LogP contribution in [0.25, 0.3) is 11.3 Å². The Morgan fingerprint density at radius 2 is 2.00 bits per heavy atom. The summed E-state index contributed by atoms with van der Waals surface area (Å²) in [4.78, 5) is 6.83. The summed E-state index contributed by atoms with van der Waals surface area (Å²) in [7, 11) is 2.20. The van der Waals surface area contributed by atoms with Crippen molar-refractivity contribution < 1.29 is 0 Å². The first-order valence-electron chi connectivity index (χ1n) is 7.73. The summed E-state index contributed by atoms with van der Waals surface area (Å²) in [6.07, 6.45) is 4.34. The maximum atomic E-state index is 4.42. The molecule has 110 valence electrons. The van der Waals surface area contributed by atoms with Gasteiger partial charge in [0.1, 0.15) is 0 Å². The van der Waals surface area contributed by atoms with Crippen molar-refractivity contribution >= 4 is 0 Å². The third-order valence-electron chi connectivity index (χ3n) is 4.20. The molecule has 21 heavy (non-hydrogen) atoms. The molecule has 1 fully saturated rings. The zero-order valence-electron chi connectivity index (χ0n) is 12.6. The normalized spacial score (nSPS) is 17.0. The van der Waals surface area contributed by atoms with Crippen LogP contribution in [0.4, 0.5) is 0 Å². The van der Waals surface area contributed by atoms with E-state index in [4.69, 9.17) is 0 Å². The summed E-state index contributed by atoms with van der Waals surface area (Å²) in [5.41, 5.74) is 3.56. The average molecular weight is 281 g/mol. The molecule has 0 saturated carbocycles. The van der Waals surface area contributed by atoms with Gasteiger partial charge in [0.2, 0.25) is 0 Å². The van der Waals surface area contributed by atoms with Gasteiger partial charge in [-0.25, -0.2) is 0 Å². The van der Waals surface area contributed by atoms with Gasteiger partial charge in [0, 0.05) is 24.3 Å². The van der Waals surface area contributed by atoms with E-state index < -0.39 is 0 Å². The van der Waals surface area contributed by atoms with Crippen LogP contribution in [0.5, 0.6) is 0 Å². The summed E-state index contributed by atoms with van der Waals surface area (Å²) in [5, 5.41) is 3.69. The number of hydrogen-bond donors (Lipinski definition) is 1. The zero-order valence-corrected chi connectivity index (χ0v) is 12.6. The van der Waals surface area contributed by atoms with E-state index in [2.05, 4.69) is 52.6 Å². The lowest BCUT2D eigenvalue weighted by Gasteiger charge is -2.29. The molecule has 0 radical (unpaired) electrons. The lowest BCUT2D eigenvalue weighted by atomic mass is 10.0. The highest BCUT2D eigenvalue weighted by Gasteiger charge is 2.15. The molecule has 0 bridgehead atoms. The molecule has 0 spiro atoms. The van der Waals surface area contributed by atoms with Gasteiger partial charge < -0.3 is 10.2 Å². The molecule has 0 atom stereocenters. The van der Waals surface area contributed by atoms with E-state index in [1.54, 1.807) is 0 Å². The van der Waals surface area contributed by atoms with Crippen molar-refractivity contribution in [3.05, 3.63) is 54.2 Å². The minimum absolute atomic E-state index is 0.653. The summed E-state index contributed by atoms with van der Waals surface area (Å²) in [6, 6.07) is 15.4. The summed E-state index contributed by atoms with van der Waals surface area (Å²) < 4.78 is 0. The molecular weight excluding hydrogens is 258 g/mol. The molecule has 2 heterocycles. The number of nitrogens with zero attached hydrogens (tertiary/aromatic N) is 2. The van der Waals surface area contributed by atoms with Crippen LogP contribution in [0.2, 0.25) is 0 Å². The van der Waals surface area contributed by atoms with Gasteiger partial charge in [-0.15, -0.1) is 0 Å². The predicted octanol–water partition coefficient (Wildman–Crippen LogP) is 2.93. The molecule has 0 amide bonds. The van der Waals surface area contributed by atoms with Crippen LogP contribution in [0.15, 0.2) is 48.7 Å². The fourth-order valence-electron chi connectivity index (χ4n) is 2.85. The van der Waals surface area contributed by atoms with Gasteiger partial charge in [-0.1, -0.05) is 24.3 Å². The van der Waals surface area contributed by atoms with E-state index in [1.807, 2.05) is 18.3 Å². The molecule has 0 unspecified atom stereocenters. The molecule has 1 aliphatic rings. The third kappa shape index (κ3) is 3.90. The molecule has 1 aromatic carbocycles. The fraction of sp³-hybridized carbons (Fsp3) is 0.389. The summed E-state index contributed by atoms with van der Waals surface area (Å²) >= 11 is 0. The van der Waals surface area contributed by atoms with Gasteiger partial charge in [0.05, 0.1) is 5.69 Å². The van der Waals surface area contributed by atoms with Crippen LogP contribution >= 0.6 is 0 Å². The Bertz CT molecular complexity index is 560. The highest BCUT2D eigenvalue weighted by molar-refractivity contribution is 5.59. The molecule has 3 nitrogen and oxygen atoms in total. The highest BCUT2D eigenvalue weighted by atomic mass is 15.1. The molecule has 3 rings (SSSR count). The minimum atomic E-state index is 0.653. The van der Waals surface area contributed by atoms with Gasteiger partial charge in [0.15, 0.2) is 0 Å². The van der Waals surface area contributed by atoms with Crippen molar-refractivity contribution in [2.45, 2.75) is 25.4 Å². The first kappa shape index (κ1) is 14.2. The molecule has 1 N–H and O–H groups in total. The first-order chi connectivity index (χ1) is 10.3. The fourth-order valence-corrected chi connectivity index (χ4v) is 2.85. The molecule has 0 aliphatic carbocycles. The molecule has 3 heteroatoms. The lowest BCUT2D eigenvalue weighted by Crippen LogP contribution is -2.40. The number of likely N-dealkylation sites (tertiary alicyclic amines) is 1. The molecular formula is C18H23N3. The SMILES string of the molecule is CN1CCC(NCc2cccc(-c3ccccn3)c2)CC1. The number of pyridine rings is 1. The summed E-state index contributed by atoms with van der Waals surface area (Å²) in [5.74, 6) is 0. The Kier molecular flexibility index (Phi) is 4.63. The van der Waals surface area contributed by atoms with Crippen LogP contribution in [0.3, 0.4) is 0 Å². The van der Waals surface area contributed by atoms with Crippen LogP contribution < -0.4 is 5.32 Å². The van der Waals surface area contributed by atoms with E-state index in [9.17, 15) is 0 Å². The monoisotopic (exact) mass is 281 g/mol. The number of hydrogen-bond acceptors (Lipinski definition) is 3. The maximum absolute atomic E-state index is 4.42. The topological polar surface area (TPSA) is 28.2 Å². The second-order valence-corrected chi connectivity index (χ2v) is 5.87. The summed E-state index contributed by atoms with van der Waals surface area (Å²) in [6.45, 7) is 3.34. The van der Waals surface area contributed by atoms with Crippen molar-refractivity contribution in [1.29, 1.82) is 0 Å². The number of piperidine rings is 1. The molecule has 1 saturated heterocycles. The smallest absolute Gasteiger partial charge is 0.0702 e. The van der Waals surface area contributed by atoms with Crippen LogP contribution in [0, 0.1) is 0 Å². The van der Waals surface area contributed by atoms with Gasteiger partial charge >= 0.3 is 0 Å². The van der Waals surface area contributed by atoms with Gasteiger partial charge in [-0.05, 0) is 56.7 Å². The molecule has 2 aromatic rings. The van der Waals surface area contributed by atoms with E-state index in [0.29, 0.717) is 6.04 Å². The van der Waals surface area contributed by atoms with E-state index >= 15 is 0 Å². The second kappa shape index (κ2) is 6.83. The van der Waals surface area contributed by atoms with Crippen molar-refractivity contribution in [1.82, 2.24) is 15.2 Å². The van der Waals surface area contributed by atoms with Gasteiger partial charge in [0.25, 0.3) is 0 Å². The Hall–Kier alpha value is -1.71. The average Bonchev–Trinajstić information content (AvgIpc) is 2.55. The lowest BCUT2D eigenvalue weighted by molar-refractivity contribution is 0.234. The Morgan fingerprint density at radius 3 is 2.76 bits per heavy atom. The van der Waals surface area contributed by atoms with Gasteiger partial charge in [-0.3, -0.25) is 4.98 Å². The first-order valence-corrected chi connectivity index (χ1v) is 7.73. The number of benzene rings is 1. The minimum Gasteiger partial charge on any atom is -0.310 e. The highest BCUT2D eigenvalue weighted by Crippen LogP contribution is 2.18. The largest absolute Gasteiger partial charge is 0.310 e. The zero-order chi connectivity index (χ0) is 14.5. The number of aromatic nitrogens is 1. The van der Waals surface area contributed by atoms with E-state index in [1.165, 1.54) is 37.1 Å². The van der Waals surface area contributed by atoms with E-state index in [-0.39, 0.29) is 0 Å². The van der Waals surface area contributed by atoms with Crippen LogP contribution in [-0.2, 0) is 6.54 Å². The molecule has 1 aromatic heterocycles. The van der Waals surface area contributed by atoms with Crippen LogP contribution in [-0.4, -0.2) is 36.1 Å². The van der Waals surface area contributed by atoms with Crippen molar-refractivity contribution in [3.8, 4) is 11.3 Å². The third-order valence-corrected chi connectivity index (χ3v) is 4.20. The number of rotatable bonds is 4. The van der Waals surface area contributed by atoms with Crippen LogP contribution in [0.1, 0.15) is 18.4 Å². The van der Waals surface area contributed by atoms with Crippen molar-refractivity contribution in [2.75, 3.05) is 20.1 Å². The quantitative estimate of drug-likeness (QED) is 0.934. The predicted molar refractivity (Wildman–Crippen MR) is 87.0 cm³/mol. The Morgan fingerprint density at radius 1 is 1.14 bits per heavy atom. The number of nitrogens with one attached hydrogen (secondary N) is 1. The van der Waals surface area contributed by atoms with Gasteiger partial charge in [-0.2, -0.15) is 0 Å². The second-order valence-electron chi connectivity index (χ2n) is 5.87. The van der Waals surface area contributed by atoms with Crippen molar-refractivity contribution in [2.24, 2.45) is 0 Å². The standard InChI is InChI=1S/C18H23N3/c1-21-11-8-17(9-12-21)20-14-15-5-4-6-16(13-15)18-7-2-3-10-19-18/h2-7,10,13,17,20H,8-9,11-12,14H2,1H3. The van der Waals surface area contributed by atoms with E-state index in [0.717, 1.165) is 12.2 Å². The van der Waals surface area contributed by atoms with Crippen molar-refractivity contribution in [3.63, 3.8) is 0 Å². The maximum Gasteiger partial charge on any atom is 0.0702 e. The Labute approximate surface area is 127 Å². The molecule has 1 aliphatic heterocycles. The Balaban J connectivity index is 1.61.